The molecule has 0 saturated carbocycles. The molecule has 0 bridgehead atoms. The topological polar surface area (TPSA) is 46.9 Å². The van der Waals surface area contributed by atoms with Crippen molar-refractivity contribution in [2.75, 3.05) is 16.8 Å². The molecule has 1 aromatic heterocycles. The second-order valence-electron chi connectivity index (χ2n) is 3.98. The molecule has 1 unspecified atom stereocenters. The van der Waals surface area contributed by atoms with E-state index in [2.05, 4.69) is 31.1 Å². The summed E-state index contributed by atoms with van der Waals surface area (Å²) < 4.78 is 1.70. The third kappa shape index (κ3) is 4.42. The van der Waals surface area contributed by atoms with Crippen molar-refractivity contribution in [3.63, 3.8) is 0 Å². The Hall–Kier alpha value is -0.970. The summed E-state index contributed by atoms with van der Waals surface area (Å²) in [5.74, 6) is 2.54. The number of aryl methyl sites for hydroxylation is 1. The lowest BCUT2D eigenvalue weighted by molar-refractivity contribution is 0.648. The van der Waals surface area contributed by atoms with Crippen LogP contribution in [0.3, 0.4) is 0 Å². The van der Waals surface area contributed by atoms with Crippen LogP contribution in [0.4, 0.5) is 5.82 Å². The Labute approximate surface area is 107 Å². The Bertz CT molecular complexity index is 392. The maximum atomic E-state index is 12.0. The van der Waals surface area contributed by atoms with Gasteiger partial charge in [-0.2, -0.15) is 11.8 Å². The first-order valence-corrected chi connectivity index (χ1v) is 7.24. The van der Waals surface area contributed by atoms with Gasteiger partial charge in [0.2, 0.25) is 0 Å². The zero-order valence-electron chi connectivity index (χ0n) is 10.8. The van der Waals surface area contributed by atoms with Gasteiger partial charge in [0, 0.05) is 30.7 Å². The maximum absolute atomic E-state index is 12.0. The van der Waals surface area contributed by atoms with E-state index in [0.717, 1.165) is 24.5 Å². The lowest BCUT2D eigenvalue weighted by Gasteiger charge is -2.14. The van der Waals surface area contributed by atoms with Gasteiger partial charge in [-0.1, -0.05) is 13.8 Å². The highest BCUT2D eigenvalue weighted by Gasteiger charge is 2.07. The number of rotatable bonds is 7. The van der Waals surface area contributed by atoms with E-state index in [1.54, 1.807) is 17.0 Å². The monoisotopic (exact) mass is 255 g/mol. The summed E-state index contributed by atoms with van der Waals surface area (Å²) in [6.45, 7) is 7.00. The molecule has 17 heavy (non-hydrogen) atoms. The van der Waals surface area contributed by atoms with Gasteiger partial charge >= 0.3 is 0 Å². The number of aromatic nitrogens is 2. The van der Waals surface area contributed by atoms with E-state index in [9.17, 15) is 4.79 Å². The summed E-state index contributed by atoms with van der Waals surface area (Å²) in [5, 5.41) is 3.18. The van der Waals surface area contributed by atoms with Gasteiger partial charge in [-0.15, -0.1) is 0 Å². The van der Waals surface area contributed by atoms with E-state index < -0.39 is 0 Å². The molecule has 0 aromatic carbocycles. The Kier molecular flexibility index (Phi) is 6.11. The molecule has 1 rings (SSSR count). The number of anilines is 1. The van der Waals surface area contributed by atoms with Crippen LogP contribution in [0.1, 0.15) is 27.2 Å². The average Bonchev–Trinajstić information content (AvgIpc) is 2.32. The summed E-state index contributed by atoms with van der Waals surface area (Å²) in [7, 11) is 0. The minimum absolute atomic E-state index is 0.0253. The van der Waals surface area contributed by atoms with Gasteiger partial charge in [-0.05, 0) is 19.1 Å². The van der Waals surface area contributed by atoms with E-state index in [1.165, 1.54) is 0 Å². The van der Waals surface area contributed by atoms with Crippen molar-refractivity contribution < 1.29 is 0 Å². The van der Waals surface area contributed by atoms with Gasteiger partial charge in [-0.25, -0.2) is 4.98 Å². The van der Waals surface area contributed by atoms with Crippen LogP contribution in [-0.2, 0) is 6.54 Å². The van der Waals surface area contributed by atoms with Crippen LogP contribution >= 0.6 is 11.8 Å². The van der Waals surface area contributed by atoms with Crippen molar-refractivity contribution in [2.24, 2.45) is 0 Å². The molecule has 0 spiro atoms. The van der Waals surface area contributed by atoms with E-state index in [4.69, 9.17) is 0 Å². The van der Waals surface area contributed by atoms with Crippen LogP contribution in [0.2, 0.25) is 0 Å². The Morgan fingerprint density at radius 1 is 1.53 bits per heavy atom. The minimum Gasteiger partial charge on any atom is -0.362 e. The molecule has 1 heterocycles. The summed E-state index contributed by atoms with van der Waals surface area (Å²) in [6.07, 6.45) is 4.37. The highest BCUT2D eigenvalue weighted by Crippen LogP contribution is 2.05. The maximum Gasteiger partial charge on any atom is 0.293 e. The van der Waals surface area contributed by atoms with Crippen molar-refractivity contribution in [3.05, 3.63) is 22.7 Å². The fraction of sp³-hybridized carbons (Fsp3) is 0.667. The standard InChI is InChI=1S/C12H21N3OS/c1-4-7-15-8-6-13-11(12(15)16)14-10(3)9-17-5-2/h6,8,10H,4-5,7,9H2,1-3H3,(H,13,14). The first-order valence-electron chi connectivity index (χ1n) is 6.08. The first kappa shape index (κ1) is 14.1. The molecule has 0 saturated heterocycles. The Morgan fingerprint density at radius 3 is 2.94 bits per heavy atom. The van der Waals surface area contributed by atoms with Crippen molar-refractivity contribution >= 4 is 17.6 Å². The second-order valence-corrected chi connectivity index (χ2v) is 5.30. The smallest absolute Gasteiger partial charge is 0.293 e. The number of nitrogens with one attached hydrogen (secondary N) is 1. The van der Waals surface area contributed by atoms with Crippen LogP contribution in [0.5, 0.6) is 0 Å². The largest absolute Gasteiger partial charge is 0.362 e. The van der Waals surface area contributed by atoms with Gasteiger partial charge in [0.05, 0.1) is 0 Å². The Morgan fingerprint density at radius 2 is 2.29 bits per heavy atom. The van der Waals surface area contributed by atoms with Crippen LogP contribution in [0.15, 0.2) is 17.2 Å². The molecule has 0 amide bonds. The molecule has 0 aliphatic rings. The third-order valence-corrected chi connectivity index (χ3v) is 3.48. The zero-order valence-corrected chi connectivity index (χ0v) is 11.6. The van der Waals surface area contributed by atoms with Crippen LogP contribution < -0.4 is 10.9 Å². The molecule has 1 aromatic rings. The Balaban J connectivity index is 2.70. The molecule has 1 atom stereocenters. The molecule has 96 valence electrons. The zero-order chi connectivity index (χ0) is 12.7. The minimum atomic E-state index is -0.0253. The summed E-state index contributed by atoms with van der Waals surface area (Å²) in [4.78, 5) is 16.1. The number of thioether (sulfide) groups is 1. The molecule has 5 heteroatoms. The summed E-state index contributed by atoms with van der Waals surface area (Å²) in [6, 6.07) is 0.262. The lowest BCUT2D eigenvalue weighted by Crippen LogP contribution is -2.28. The highest BCUT2D eigenvalue weighted by atomic mass is 32.2. The first-order chi connectivity index (χ1) is 8.19. The van der Waals surface area contributed by atoms with Gasteiger partial charge < -0.3 is 9.88 Å². The molecule has 4 nitrogen and oxygen atoms in total. The molecule has 0 aliphatic carbocycles. The van der Waals surface area contributed by atoms with E-state index in [1.807, 2.05) is 11.8 Å². The lowest BCUT2D eigenvalue weighted by atomic mass is 10.4. The average molecular weight is 255 g/mol. The quantitative estimate of drug-likeness (QED) is 0.811. The van der Waals surface area contributed by atoms with Crippen molar-refractivity contribution in [1.82, 2.24) is 9.55 Å². The van der Waals surface area contributed by atoms with E-state index in [0.29, 0.717) is 5.82 Å². The van der Waals surface area contributed by atoms with Gasteiger partial charge in [0.25, 0.3) is 5.56 Å². The van der Waals surface area contributed by atoms with Crippen molar-refractivity contribution in [3.8, 4) is 0 Å². The van der Waals surface area contributed by atoms with Crippen LogP contribution in [0, 0.1) is 0 Å². The number of hydrogen-bond acceptors (Lipinski definition) is 4. The summed E-state index contributed by atoms with van der Waals surface area (Å²) >= 11 is 1.86. The second kappa shape index (κ2) is 7.37. The molecule has 0 radical (unpaired) electrons. The molecular formula is C12H21N3OS. The third-order valence-electron chi connectivity index (χ3n) is 2.33. The normalized spacial score (nSPS) is 12.4. The van der Waals surface area contributed by atoms with Crippen molar-refractivity contribution in [2.45, 2.75) is 39.8 Å². The number of hydrogen-bond donors (Lipinski definition) is 1. The number of nitrogens with zero attached hydrogens (tertiary/aromatic N) is 2. The fourth-order valence-corrected chi connectivity index (χ4v) is 2.21. The predicted molar refractivity (Wildman–Crippen MR) is 74.9 cm³/mol. The van der Waals surface area contributed by atoms with Gasteiger partial charge in [0.15, 0.2) is 5.82 Å². The van der Waals surface area contributed by atoms with E-state index in [-0.39, 0.29) is 11.6 Å². The molecule has 1 N–H and O–H groups in total. The van der Waals surface area contributed by atoms with Crippen LogP contribution in [0.25, 0.3) is 0 Å². The molecular weight excluding hydrogens is 234 g/mol. The predicted octanol–water partition coefficient (Wildman–Crippen LogP) is 2.21. The van der Waals surface area contributed by atoms with Crippen LogP contribution in [-0.4, -0.2) is 27.1 Å². The van der Waals surface area contributed by atoms with Gasteiger partial charge in [0.1, 0.15) is 0 Å². The fourth-order valence-electron chi connectivity index (χ4n) is 1.53. The van der Waals surface area contributed by atoms with Gasteiger partial charge in [-0.3, -0.25) is 4.79 Å². The summed E-state index contributed by atoms with van der Waals surface area (Å²) in [5.41, 5.74) is -0.0253. The molecule has 0 aliphatic heterocycles. The SMILES string of the molecule is CCCn1ccnc(NC(C)CSCC)c1=O. The van der Waals surface area contributed by atoms with Crippen molar-refractivity contribution in [1.29, 1.82) is 0 Å². The van der Waals surface area contributed by atoms with E-state index >= 15 is 0 Å². The highest BCUT2D eigenvalue weighted by molar-refractivity contribution is 7.99. The molecule has 0 fully saturated rings.